The van der Waals surface area contributed by atoms with Gasteiger partial charge in [-0.2, -0.15) is 0 Å². The molecule has 0 unspecified atom stereocenters. The Morgan fingerprint density at radius 3 is 2.68 bits per heavy atom. The van der Waals surface area contributed by atoms with Crippen LogP contribution in [-0.2, 0) is 9.53 Å². The van der Waals surface area contributed by atoms with Crippen LogP contribution >= 0.6 is 11.6 Å². The van der Waals surface area contributed by atoms with Gasteiger partial charge in [-0.15, -0.1) is 0 Å². The summed E-state index contributed by atoms with van der Waals surface area (Å²) in [7, 11) is 1.71. The van der Waals surface area contributed by atoms with Crippen molar-refractivity contribution in [2.45, 2.75) is 18.9 Å². The number of carbonyl (C=O) groups is 2. The third kappa shape index (κ3) is 3.61. The van der Waals surface area contributed by atoms with Crippen molar-refractivity contribution < 1.29 is 14.3 Å². The number of halogens is 1. The second-order valence-electron chi connectivity index (χ2n) is 4.59. The van der Waals surface area contributed by atoms with E-state index in [9.17, 15) is 9.59 Å². The fourth-order valence-corrected chi connectivity index (χ4v) is 1.95. The number of anilines is 1. The molecule has 0 heterocycles. The lowest BCUT2D eigenvalue weighted by atomic mass is 10.2. The number of nitrogen functional groups attached to an aromatic ring is 1. The van der Waals surface area contributed by atoms with E-state index in [0.29, 0.717) is 16.8 Å². The minimum absolute atomic E-state index is 0.203. The number of hydrogen-bond acceptors (Lipinski definition) is 4. The van der Waals surface area contributed by atoms with Crippen LogP contribution in [0.2, 0.25) is 5.02 Å². The zero-order chi connectivity index (χ0) is 14.0. The van der Waals surface area contributed by atoms with Gasteiger partial charge in [-0.25, -0.2) is 4.79 Å². The van der Waals surface area contributed by atoms with E-state index in [1.165, 1.54) is 18.2 Å². The molecule has 2 N–H and O–H groups in total. The van der Waals surface area contributed by atoms with Crippen molar-refractivity contribution >= 4 is 29.2 Å². The highest BCUT2D eigenvalue weighted by atomic mass is 35.5. The Bertz CT molecular complexity index is 494. The highest BCUT2D eigenvalue weighted by molar-refractivity contribution is 6.31. The largest absolute Gasteiger partial charge is 0.452 e. The molecule has 102 valence electrons. The van der Waals surface area contributed by atoms with Crippen molar-refractivity contribution in [3.63, 3.8) is 0 Å². The van der Waals surface area contributed by atoms with E-state index in [1.54, 1.807) is 11.9 Å². The van der Waals surface area contributed by atoms with Crippen molar-refractivity contribution in [2.75, 3.05) is 19.4 Å². The minimum atomic E-state index is -0.605. The molecule has 0 saturated heterocycles. The summed E-state index contributed by atoms with van der Waals surface area (Å²) >= 11 is 5.79. The fourth-order valence-electron chi connectivity index (χ4n) is 1.71. The van der Waals surface area contributed by atoms with Crippen LogP contribution in [0.4, 0.5) is 5.69 Å². The van der Waals surface area contributed by atoms with Crippen LogP contribution < -0.4 is 5.73 Å². The Morgan fingerprint density at radius 2 is 2.11 bits per heavy atom. The number of benzene rings is 1. The number of rotatable bonds is 4. The van der Waals surface area contributed by atoms with Gasteiger partial charge in [0.2, 0.25) is 0 Å². The van der Waals surface area contributed by atoms with Gasteiger partial charge in [0.05, 0.1) is 5.56 Å². The molecule has 5 nitrogen and oxygen atoms in total. The van der Waals surface area contributed by atoms with Gasteiger partial charge in [-0.3, -0.25) is 4.79 Å². The first kappa shape index (κ1) is 13.7. The van der Waals surface area contributed by atoms with Crippen LogP contribution in [0.3, 0.4) is 0 Å². The molecule has 0 radical (unpaired) electrons. The average molecular weight is 283 g/mol. The normalized spacial score (nSPS) is 14.0. The summed E-state index contributed by atoms with van der Waals surface area (Å²) in [5.41, 5.74) is 6.20. The molecule has 0 atom stereocenters. The lowest BCUT2D eigenvalue weighted by Crippen LogP contribution is -2.32. The van der Waals surface area contributed by atoms with Crippen molar-refractivity contribution in [1.82, 2.24) is 4.90 Å². The van der Waals surface area contributed by atoms with Gasteiger partial charge >= 0.3 is 5.97 Å². The summed E-state index contributed by atoms with van der Waals surface area (Å²) in [6.07, 6.45) is 2.03. The maximum absolute atomic E-state index is 11.8. The van der Waals surface area contributed by atoms with E-state index in [-0.39, 0.29) is 18.1 Å². The molecule has 1 aromatic rings. The van der Waals surface area contributed by atoms with Gasteiger partial charge in [-0.05, 0) is 31.0 Å². The van der Waals surface area contributed by atoms with Crippen molar-refractivity contribution in [2.24, 2.45) is 0 Å². The zero-order valence-corrected chi connectivity index (χ0v) is 11.3. The van der Waals surface area contributed by atoms with Gasteiger partial charge in [-0.1, -0.05) is 11.6 Å². The summed E-state index contributed by atoms with van der Waals surface area (Å²) in [5, 5.41) is 0.355. The van der Waals surface area contributed by atoms with E-state index in [0.717, 1.165) is 12.8 Å². The van der Waals surface area contributed by atoms with E-state index in [4.69, 9.17) is 22.1 Å². The molecule has 1 saturated carbocycles. The van der Waals surface area contributed by atoms with Crippen molar-refractivity contribution in [3.05, 3.63) is 28.8 Å². The number of likely N-dealkylation sites (N-methyl/N-ethyl adjacent to an activating group) is 1. The van der Waals surface area contributed by atoms with E-state index >= 15 is 0 Å². The van der Waals surface area contributed by atoms with E-state index in [2.05, 4.69) is 0 Å². The van der Waals surface area contributed by atoms with Gasteiger partial charge in [0.15, 0.2) is 6.61 Å². The molecule has 0 bridgehead atoms. The number of hydrogen-bond donors (Lipinski definition) is 1. The average Bonchev–Trinajstić information content (AvgIpc) is 3.17. The van der Waals surface area contributed by atoms with Crippen LogP contribution in [-0.4, -0.2) is 36.5 Å². The smallest absolute Gasteiger partial charge is 0.338 e. The number of esters is 1. The predicted octanol–water partition coefficient (Wildman–Crippen LogP) is 1.70. The van der Waals surface area contributed by atoms with Gasteiger partial charge < -0.3 is 15.4 Å². The van der Waals surface area contributed by atoms with Crippen LogP contribution in [0, 0.1) is 0 Å². The molecule has 6 heteroatoms. The topological polar surface area (TPSA) is 72.6 Å². The highest BCUT2D eigenvalue weighted by Gasteiger charge is 2.29. The van der Waals surface area contributed by atoms with Gasteiger partial charge in [0, 0.05) is 23.8 Å². The van der Waals surface area contributed by atoms with Gasteiger partial charge in [0.1, 0.15) is 0 Å². The molecular weight excluding hydrogens is 268 g/mol. The molecule has 0 aromatic heterocycles. The highest BCUT2D eigenvalue weighted by Crippen LogP contribution is 2.25. The molecule has 0 spiro atoms. The predicted molar refractivity (Wildman–Crippen MR) is 71.9 cm³/mol. The quantitative estimate of drug-likeness (QED) is 0.674. The number of nitrogens with two attached hydrogens (primary N) is 1. The molecule has 0 aliphatic heterocycles. The van der Waals surface area contributed by atoms with E-state index < -0.39 is 5.97 Å². The van der Waals surface area contributed by atoms with Crippen LogP contribution in [0.5, 0.6) is 0 Å². The second kappa shape index (κ2) is 5.48. The Morgan fingerprint density at radius 1 is 1.42 bits per heavy atom. The minimum Gasteiger partial charge on any atom is -0.452 e. The molecule has 1 amide bonds. The SMILES string of the molecule is CN(C(=O)COC(=O)c1cc(N)cc(Cl)c1)C1CC1. The number of carbonyl (C=O) groups excluding carboxylic acids is 2. The first-order chi connectivity index (χ1) is 8.97. The molecule has 19 heavy (non-hydrogen) atoms. The Kier molecular flexibility index (Phi) is 3.95. The second-order valence-corrected chi connectivity index (χ2v) is 5.02. The molecule has 1 aromatic carbocycles. The molecular formula is C13H15ClN2O3. The molecule has 1 aliphatic carbocycles. The standard InChI is InChI=1S/C13H15ClN2O3/c1-16(11-2-3-11)12(17)7-19-13(18)8-4-9(14)6-10(15)5-8/h4-6,11H,2-3,7,15H2,1H3. The zero-order valence-electron chi connectivity index (χ0n) is 10.6. The molecule has 1 fully saturated rings. The summed E-state index contributed by atoms with van der Waals surface area (Å²) in [4.78, 5) is 25.1. The third-order valence-corrected chi connectivity index (χ3v) is 3.19. The number of nitrogens with zero attached hydrogens (tertiary/aromatic N) is 1. The number of amides is 1. The van der Waals surface area contributed by atoms with E-state index in [1.807, 2.05) is 0 Å². The van der Waals surface area contributed by atoms with Crippen LogP contribution in [0.15, 0.2) is 18.2 Å². The van der Waals surface area contributed by atoms with Crippen LogP contribution in [0.25, 0.3) is 0 Å². The summed E-state index contributed by atoms with van der Waals surface area (Å²) < 4.78 is 4.95. The first-order valence-corrected chi connectivity index (χ1v) is 6.34. The molecule has 2 rings (SSSR count). The van der Waals surface area contributed by atoms with Crippen LogP contribution in [0.1, 0.15) is 23.2 Å². The lowest BCUT2D eigenvalue weighted by molar-refractivity contribution is -0.133. The summed E-state index contributed by atoms with van der Waals surface area (Å²) in [6.45, 7) is -0.266. The lowest BCUT2D eigenvalue weighted by Gasteiger charge is -2.15. The Hall–Kier alpha value is -1.75. The van der Waals surface area contributed by atoms with Crippen molar-refractivity contribution in [3.8, 4) is 0 Å². The fraction of sp³-hybridized carbons (Fsp3) is 0.385. The number of ether oxygens (including phenoxy) is 1. The first-order valence-electron chi connectivity index (χ1n) is 5.96. The summed E-state index contributed by atoms with van der Waals surface area (Å²) in [5.74, 6) is -0.808. The van der Waals surface area contributed by atoms with Crippen molar-refractivity contribution in [1.29, 1.82) is 0 Å². The Balaban J connectivity index is 1.91. The summed E-state index contributed by atoms with van der Waals surface area (Å²) in [6, 6.07) is 4.75. The van der Waals surface area contributed by atoms with Gasteiger partial charge in [0.25, 0.3) is 5.91 Å². The third-order valence-electron chi connectivity index (χ3n) is 2.97. The molecule has 1 aliphatic rings. The monoisotopic (exact) mass is 282 g/mol. The maximum Gasteiger partial charge on any atom is 0.338 e. The maximum atomic E-state index is 11.8. The Labute approximate surface area is 116 Å².